The SMILES string of the molecule is CCCCCCCCCC/C=C/CC/C=C/C(O)C(COP(=O)(O)OCC[N+](C)(C)C)NC(=O)CCCCCCCCCCCCCCCCCCC/C=C\CCCCCCCCCCCCCCCC. The number of carbonyl (C=O) groups is 1. The van der Waals surface area contributed by atoms with Crippen LogP contribution in [-0.4, -0.2) is 73.4 Å². The Morgan fingerprint density at radius 3 is 1.13 bits per heavy atom. The van der Waals surface area contributed by atoms with E-state index in [1.54, 1.807) is 6.08 Å². The molecule has 0 aromatic rings. The number of allylic oxidation sites excluding steroid dienone is 5. The van der Waals surface area contributed by atoms with Crippen LogP contribution in [0.1, 0.15) is 303 Å². The largest absolute Gasteiger partial charge is 0.472 e. The molecule has 71 heavy (non-hydrogen) atoms. The number of hydrogen-bond donors (Lipinski definition) is 3. The van der Waals surface area contributed by atoms with E-state index in [1.165, 1.54) is 244 Å². The highest BCUT2D eigenvalue weighted by atomic mass is 31.2. The normalized spacial score (nSPS) is 14.1. The Hall–Kier alpha value is -1.28. The van der Waals surface area contributed by atoms with E-state index >= 15 is 0 Å². The van der Waals surface area contributed by atoms with Crippen LogP contribution in [0, 0.1) is 0 Å². The molecule has 1 amide bonds. The van der Waals surface area contributed by atoms with E-state index in [2.05, 4.69) is 43.5 Å². The van der Waals surface area contributed by atoms with Crippen LogP contribution in [0.15, 0.2) is 36.5 Å². The van der Waals surface area contributed by atoms with Crippen LogP contribution in [0.4, 0.5) is 0 Å². The van der Waals surface area contributed by atoms with Gasteiger partial charge in [0, 0.05) is 6.42 Å². The van der Waals surface area contributed by atoms with Gasteiger partial charge in [-0.2, -0.15) is 0 Å². The van der Waals surface area contributed by atoms with E-state index in [0.717, 1.165) is 38.5 Å². The highest BCUT2D eigenvalue weighted by molar-refractivity contribution is 7.47. The van der Waals surface area contributed by atoms with E-state index in [4.69, 9.17) is 9.05 Å². The third-order valence-electron chi connectivity index (χ3n) is 14.1. The first-order valence-corrected chi connectivity index (χ1v) is 32.4. The van der Waals surface area contributed by atoms with Gasteiger partial charge in [-0.1, -0.05) is 275 Å². The minimum atomic E-state index is -4.35. The Bertz CT molecular complexity index is 1250. The molecule has 8 nitrogen and oxygen atoms in total. The molecule has 0 aromatic heterocycles. The zero-order valence-corrected chi connectivity index (χ0v) is 48.9. The van der Waals surface area contributed by atoms with Gasteiger partial charge in [0.05, 0.1) is 39.9 Å². The van der Waals surface area contributed by atoms with Crippen molar-refractivity contribution in [2.24, 2.45) is 0 Å². The summed E-state index contributed by atoms with van der Waals surface area (Å²) in [5.74, 6) is -0.183. The molecule has 0 aromatic carbocycles. The van der Waals surface area contributed by atoms with Crippen molar-refractivity contribution in [3.63, 3.8) is 0 Å². The number of rotatable bonds is 57. The third kappa shape index (κ3) is 56.3. The monoisotopic (exact) mass is 1020 g/mol. The maximum Gasteiger partial charge on any atom is 0.472 e. The molecule has 9 heteroatoms. The maximum atomic E-state index is 13.0. The molecule has 0 rings (SSSR count). The number of phosphoric acid groups is 1. The van der Waals surface area contributed by atoms with Gasteiger partial charge in [0.1, 0.15) is 13.2 Å². The van der Waals surface area contributed by atoms with Crippen molar-refractivity contribution in [2.75, 3.05) is 40.9 Å². The molecular formula is C62H122N2O6P+. The summed E-state index contributed by atoms with van der Waals surface area (Å²) in [6, 6.07) is -0.861. The molecule has 3 atom stereocenters. The van der Waals surface area contributed by atoms with Gasteiger partial charge >= 0.3 is 7.82 Å². The maximum absolute atomic E-state index is 13.0. The van der Waals surface area contributed by atoms with E-state index < -0.39 is 20.0 Å². The summed E-state index contributed by atoms with van der Waals surface area (Å²) in [6.45, 7) is 4.82. The summed E-state index contributed by atoms with van der Waals surface area (Å²) in [7, 11) is 1.56. The van der Waals surface area contributed by atoms with Crippen molar-refractivity contribution in [1.29, 1.82) is 0 Å². The van der Waals surface area contributed by atoms with E-state index in [-0.39, 0.29) is 19.1 Å². The molecule has 3 unspecified atom stereocenters. The van der Waals surface area contributed by atoms with Gasteiger partial charge in [-0.25, -0.2) is 4.57 Å². The predicted molar refractivity (Wildman–Crippen MR) is 309 cm³/mol. The van der Waals surface area contributed by atoms with Crippen LogP contribution in [0.5, 0.6) is 0 Å². The molecule has 0 aliphatic rings. The molecule has 0 spiro atoms. The lowest BCUT2D eigenvalue weighted by atomic mass is 10.0. The molecule has 0 fully saturated rings. The Labute approximate surface area is 442 Å². The second-order valence-electron chi connectivity index (χ2n) is 22.4. The highest BCUT2D eigenvalue weighted by Crippen LogP contribution is 2.43. The van der Waals surface area contributed by atoms with Gasteiger partial charge in [-0.05, 0) is 57.8 Å². The summed E-state index contributed by atoms with van der Waals surface area (Å²) < 4.78 is 23.7. The van der Waals surface area contributed by atoms with E-state index in [9.17, 15) is 19.4 Å². The zero-order chi connectivity index (χ0) is 52.0. The number of nitrogens with zero attached hydrogens (tertiary/aromatic N) is 1. The highest BCUT2D eigenvalue weighted by Gasteiger charge is 2.27. The number of quaternary nitrogens is 1. The van der Waals surface area contributed by atoms with Crippen molar-refractivity contribution in [1.82, 2.24) is 5.32 Å². The number of likely N-dealkylation sites (N-methyl/N-ethyl adjacent to an activating group) is 1. The van der Waals surface area contributed by atoms with Gasteiger partial charge in [-0.3, -0.25) is 13.8 Å². The summed E-state index contributed by atoms with van der Waals surface area (Å²) in [5, 5.41) is 13.9. The average Bonchev–Trinajstić information content (AvgIpc) is 3.33. The van der Waals surface area contributed by atoms with Gasteiger partial charge in [0.2, 0.25) is 5.91 Å². The lowest BCUT2D eigenvalue weighted by molar-refractivity contribution is -0.870. The smallest absolute Gasteiger partial charge is 0.387 e. The average molecular weight is 1020 g/mol. The van der Waals surface area contributed by atoms with Crippen LogP contribution in [-0.2, 0) is 18.4 Å². The number of hydrogen-bond acceptors (Lipinski definition) is 5. The standard InChI is InChI=1S/C62H121N2O6P/c1-6-8-10-12-14-16-18-20-22-23-24-25-26-27-28-29-30-31-32-33-34-35-36-37-38-39-40-41-42-44-46-48-50-52-54-56-62(66)63-60(59-70-71(67,68)69-58-57-64(3,4)5)61(65)55-53-51-49-47-45-43-21-19-17-15-13-11-9-7-2/h29-30,45,47,53,55,60-61,65H,6-28,31-44,46,48-52,54,56-59H2,1-5H3,(H-,63,66,67,68)/p+1/b30-29-,47-45+,55-53+. The van der Waals surface area contributed by atoms with Crippen molar-refractivity contribution < 1.29 is 32.9 Å². The second kappa shape index (κ2) is 53.5. The van der Waals surface area contributed by atoms with Crippen LogP contribution in [0.3, 0.4) is 0 Å². The Morgan fingerprint density at radius 2 is 0.775 bits per heavy atom. The van der Waals surface area contributed by atoms with Crippen LogP contribution < -0.4 is 5.32 Å². The summed E-state index contributed by atoms with van der Waals surface area (Å²) in [6.07, 6.45) is 70.0. The number of amides is 1. The first-order chi connectivity index (χ1) is 34.5. The number of carbonyl (C=O) groups excluding carboxylic acids is 1. The first-order valence-electron chi connectivity index (χ1n) is 30.9. The number of aliphatic hydroxyl groups is 1. The van der Waals surface area contributed by atoms with Crippen molar-refractivity contribution in [2.45, 2.75) is 315 Å². The number of aliphatic hydroxyl groups excluding tert-OH is 1. The van der Waals surface area contributed by atoms with Crippen LogP contribution in [0.2, 0.25) is 0 Å². The minimum Gasteiger partial charge on any atom is -0.387 e. The zero-order valence-electron chi connectivity index (χ0n) is 48.0. The summed E-state index contributed by atoms with van der Waals surface area (Å²) in [4.78, 5) is 23.3. The van der Waals surface area contributed by atoms with Crippen molar-refractivity contribution in [3.05, 3.63) is 36.5 Å². The Balaban J connectivity index is 3.97. The number of nitrogens with one attached hydrogen (secondary N) is 1. The molecule has 0 saturated heterocycles. The molecule has 0 radical (unpaired) electrons. The topological polar surface area (TPSA) is 105 Å². The van der Waals surface area contributed by atoms with Crippen LogP contribution in [0.25, 0.3) is 0 Å². The second-order valence-corrected chi connectivity index (χ2v) is 23.9. The molecular weight excluding hydrogens is 900 g/mol. The van der Waals surface area contributed by atoms with Gasteiger partial charge in [0.25, 0.3) is 0 Å². The molecule has 0 aliphatic carbocycles. The van der Waals surface area contributed by atoms with Gasteiger partial charge in [0.15, 0.2) is 0 Å². The van der Waals surface area contributed by atoms with E-state index in [1.807, 2.05) is 27.2 Å². The van der Waals surface area contributed by atoms with Crippen molar-refractivity contribution >= 4 is 13.7 Å². The molecule has 420 valence electrons. The van der Waals surface area contributed by atoms with Crippen LogP contribution >= 0.6 is 7.82 Å². The number of phosphoric ester groups is 1. The third-order valence-corrected chi connectivity index (χ3v) is 15.1. The fourth-order valence-corrected chi connectivity index (χ4v) is 9.97. The van der Waals surface area contributed by atoms with E-state index in [0.29, 0.717) is 17.4 Å². The molecule has 0 saturated carbocycles. The lowest BCUT2D eigenvalue weighted by Gasteiger charge is -2.25. The lowest BCUT2D eigenvalue weighted by Crippen LogP contribution is -2.45. The molecule has 0 heterocycles. The van der Waals surface area contributed by atoms with Crippen molar-refractivity contribution in [3.8, 4) is 0 Å². The molecule has 0 aliphatic heterocycles. The summed E-state index contributed by atoms with van der Waals surface area (Å²) >= 11 is 0. The summed E-state index contributed by atoms with van der Waals surface area (Å²) in [5.41, 5.74) is 0. The Morgan fingerprint density at radius 1 is 0.465 bits per heavy atom. The fraction of sp³-hybridized carbons (Fsp3) is 0.887. The molecule has 0 bridgehead atoms. The number of unbranched alkanes of at least 4 members (excludes halogenated alkanes) is 40. The predicted octanol–water partition coefficient (Wildman–Crippen LogP) is 18.9. The van der Waals surface area contributed by atoms with Gasteiger partial charge < -0.3 is 19.8 Å². The quantitative estimate of drug-likeness (QED) is 0.0243. The minimum absolute atomic E-state index is 0.0574. The Kier molecular flexibility index (Phi) is 52.6. The van der Waals surface area contributed by atoms with Gasteiger partial charge in [-0.15, -0.1) is 0 Å². The molecule has 3 N–H and O–H groups in total. The fourth-order valence-electron chi connectivity index (χ4n) is 9.23. The first kappa shape index (κ1) is 69.7.